The van der Waals surface area contributed by atoms with Crippen molar-refractivity contribution < 1.29 is 9.59 Å². The molecule has 0 saturated carbocycles. The second-order valence-corrected chi connectivity index (χ2v) is 10.3. The van der Waals surface area contributed by atoms with Gasteiger partial charge in [0.15, 0.2) is 0 Å². The van der Waals surface area contributed by atoms with E-state index in [1.54, 1.807) is 6.07 Å². The summed E-state index contributed by atoms with van der Waals surface area (Å²) in [7, 11) is 0. The van der Waals surface area contributed by atoms with Gasteiger partial charge in [0.1, 0.15) is 0 Å². The summed E-state index contributed by atoms with van der Waals surface area (Å²) in [4.78, 5) is 28.8. The number of nitrogens with one attached hydrogen (secondary N) is 3. The van der Waals surface area contributed by atoms with Gasteiger partial charge in [0.2, 0.25) is 0 Å². The third kappa shape index (κ3) is 6.07. The third-order valence-electron chi connectivity index (χ3n) is 7.55. The highest BCUT2D eigenvalue weighted by molar-refractivity contribution is 6.07. The Kier molecular flexibility index (Phi) is 7.63. The minimum Gasteiger partial charge on any atom is -0.366 e. The van der Waals surface area contributed by atoms with E-state index in [0.29, 0.717) is 17.8 Å². The van der Waals surface area contributed by atoms with E-state index >= 15 is 0 Å². The number of fused-ring (bicyclic) bond motifs is 2. The van der Waals surface area contributed by atoms with Gasteiger partial charge in [-0.05, 0) is 59.2 Å². The van der Waals surface area contributed by atoms with E-state index in [9.17, 15) is 9.59 Å². The highest BCUT2D eigenvalue weighted by Gasteiger charge is 2.22. The second kappa shape index (κ2) is 12.0. The number of nitrogens with zero attached hydrogens (tertiary/aromatic N) is 1. The number of urea groups is 1. The molecule has 0 unspecified atom stereocenters. The standard InChI is InChI=1S/C35H32N4O2/c40-34(36-21-19-25-9-2-1-3-10-25)31-23-29(17-18-33(31)39-22-20-26-11-4-5-13-28(26)24-39)37-35(41)38-32-16-8-14-27-12-6-7-15-30(27)32/h1-18,23H,19-22,24H2,(H,36,40)(H2,37,38,41). The van der Waals surface area contributed by atoms with Gasteiger partial charge in [-0.2, -0.15) is 0 Å². The van der Waals surface area contributed by atoms with Crippen molar-refractivity contribution in [3.8, 4) is 0 Å². The molecule has 0 aromatic heterocycles. The van der Waals surface area contributed by atoms with Crippen LogP contribution in [0, 0.1) is 0 Å². The highest BCUT2D eigenvalue weighted by Crippen LogP contribution is 2.30. The molecule has 0 atom stereocenters. The van der Waals surface area contributed by atoms with Gasteiger partial charge in [0, 0.05) is 36.4 Å². The lowest BCUT2D eigenvalue weighted by Crippen LogP contribution is -2.33. The fourth-order valence-corrected chi connectivity index (χ4v) is 5.45. The topological polar surface area (TPSA) is 73.5 Å². The number of hydrogen-bond acceptors (Lipinski definition) is 3. The number of amides is 3. The van der Waals surface area contributed by atoms with Crippen LogP contribution in [0.4, 0.5) is 21.9 Å². The Balaban J connectivity index is 1.22. The number of carbonyl (C=O) groups excluding carboxylic acids is 2. The van der Waals surface area contributed by atoms with Crippen LogP contribution in [0.3, 0.4) is 0 Å². The average molecular weight is 541 g/mol. The fourth-order valence-electron chi connectivity index (χ4n) is 5.45. The summed E-state index contributed by atoms with van der Waals surface area (Å²) in [6.07, 6.45) is 1.66. The zero-order valence-electron chi connectivity index (χ0n) is 22.8. The molecule has 1 aliphatic heterocycles. The highest BCUT2D eigenvalue weighted by atomic mass is 16.2. The van der Waals surface area contributed by atoms with Crippen LogP contribution in [0.2, 0.25) is 0 Å². The maximum Gasteiger partial charge on any atom is 0.323 e. The molecule has 1 heterocycles. The SMILES string of the molecule is O=C(Nc1ccc(N2CCc3ccccc3C2)c(C(=O)NCCc2ccccc2)c1)Nc1cccc2ccccc12. The molecule has 0 aliphatic carbocycles. The molecule has 5 aromatic carbocycles. The van der Waals surface area contributed by atoms with Crippen LogP contribution in [-0.2, 0) is 19.4 Å². The van der Waals surface area contributed by atoms with Crippen molar-refractivity contribution in [2.75, 3.05) is 28.6 Å². The minimum atomic E-state index is -0.364. The van der Waals surface area contributed by atoms with Gasteiger partial charge in [-0.25, -0.2) is 4.79 Å². The summed E-state index contributed by atoms with van der Waals surface area (Å²) in [5.41, 5.74) is 6.46. The molecule has 41 heavy (non-hydrogen) atoms. The summed E-state index contributed by atoms with van der Waals surface area (Å²) in [5, 5.41) is 11.0. The lowest BCUT2D eigenvalue weighted by Gasteiger charge is -2.32. The Bertz CT molecular complexity index is 1690. The van der Waals surface area contributed by atoms with Gasteiger partial charge in [-0.15, -0.1) is 0 Å². The summed E-state index contributed by atoms with van der Waals surface area (Å²) in [6.45, 7) is 2.06. The molecule has 0 bridgehead atoms. The van der Waals surface area contributed by atoms with Crippen molar-refractivity contribution in [1.29, 1.82) is 0 Å². The van der Waals surface area contributed by atoms with Gasteiger partial charge >= 0.3 is 6.03 Å². The Labute approximate surface area is 240 Å². The number of rotatable bonds is 7. The van der Waals surface area contributed by atoms with E-state index in [0.717, 1.165) is 48.1 Å². The van der Waals surface area contributed by atoms with Gasteiger partial charge in [0.05, 0.1) is 11.3 Å². The zero-order chi connectivity index (χ0) is 28.0. The molecule has 3 amide bonds. The van der Waals surface area contributed by atoms with E-state index in [-0.39, 0.29) is 11.9 Å². The van der Waals surface area contributed by atoms with Crippen LogP contribution in [0.1, 0.15) is 27.0 Å². The number of hydrogen-bond donors (Lipinski definition) is 3. The minimum absolute atomic E-state index is 0.159. The monoisotopic (exact) mass is 540 g/mol. The van der Waals surface area contributed by atoms with Crippen LogP contribution >= 0.6 is 0 Å². The number of anilines is 3. The van der Waals surface area contributed by atoms with E-state index in [1.807, 2.05) is 72.8 Å². The quantitative estimate of drug-likeness (QED) is 0.208. The molecular formula is C35H32N4O2. The molecule has 0 saturated heterocycles. The van der Waals surface area contributed by atoms with Crippen molar-refractivity contribution in [2.45, 2.75) is 19.4 Å². The zero-order valence-corrected chi connectivity index (χ0v) is 22.8. The maximum atomic E-state index is 13.6. The lowest BCUT2D eigenvalue weighted by atomic mass is 9.98. The lowest BCUT2D eigenvalue weighted by molar-refractivity contribution is 0.0954. The van der Waals surface area contributed by atoms with Crippen LogP contribution in [0.5, 0.6) is 0 Å². The summed E-state index contributed by atoms with van der Waals surface area (Å²) in [5.74, 6) is -0.159. The largest absolute Gasteiger partial charge is 0.366 e. The van der Waals surface area contributed by atoms with Crippen LogP contribution in [-0.4, -0.2) is 25.0 Å². The number of carbonyl (C=O) groups is 2. The molecule has 1 aliphatic rings. The number of benzene rings is 5. The molecule has 0 spiro atoms. The van der Waals surface area contributed by atoms with Gasteiger partial charge in [-0.1, -0.05) is 91.0 Å². The normalized spacial score (nSPS) is 12.4. The first-order valence-electron chi connectivity index (χ1n) is 14.0. The molecule has 204 valence electrons. The summed E-state index contributed by atoms with van der Waals surface area (Å²) >= 11 is 0. The van der Waals surface area contributed by atoms with Gasteiger partial charge in [-0.3, -0.25) is 4.79 Å². The van der Waals surface area contributed by atoms with Gasteiger partial charge < -0.3 is 20.9 Å². The Morgan fingerprint density at radius 3 is 2.37 bits per heavy atom. The maximum absolute atomic E-state index is 13.6. The van der Waals surface area contributed by atoms with Crippen LogP contribution < -0.4 is 20.9 Å². The van der Waals surface area contributed by atoms with Crippen LogP contribution in [0.15, 0.2) is 115 Å². The van der Waals surface area contributed by atoms with E-state index in [4.69, 9.17) is 0 Å². The predicted molar refractivity (Wildman–Crippen MR) is 167 cm³/mol. The first-order chi connectivity index (χ1) is 20.1. The molecular weight excluding hydrogens is 508 g/mol. The van der Waals surface area contributed by atoms with Crippen LogP contribution in [0.25, 0.3) is 10.8 Å². The summed E-state index contributed by atoms with van der Waals surface area (Å²) in [6, 6.07) is 37.5. The second-order valence-electron chi connectivity index (χ2n) is 10.3. The Morgan fingerprint density at radius 1 is 0.732 bits per heavy atom. The van der Waals surface area contributed by atoms with E-state index in [1.165, 1.54) is 16.7 Å². The average Bonchev–Trinajstić information content (AvgIpc) is 3.01. The van der Waals surface area contributed by atoms with Crippen molar-refractivity contribution in [1.82, 2.24) is 5.32 Å². The molecule has 6 rings (SSSR count). The van der Waals surface area contributed by atoms with Crippen molar-refractivity contribution in [3.63, 3.8) is 0 Å². The predicted octanol–water partition coefficient (Wildman–Crippen LogP) is 7.02. The van der Waals surface area contributed by atoms with Gasteiger partial charge in [0.25, 0.3) is 5.91 Å². The van der Waals surface area contributed by atoms with E-state index in [2.05, 4.69) is 57.2 Å². The van der Waals surface area contributed by atoms with Crippen molar-refractivity contribution in [3.05, 3.63) is 138 Å². The van der Waals surface area contributed by atoms with Crippen molar-refractivity contribution in [2.24, 2.45) is 0 Å². The fraction of sp³-hybridized carbons (Fsp3) is 0.143. The molecule has 6 heteroatoms. The molecule has 0 radical (unpaired) electrons. The molecule has 3 N–H and O–H groups in total. The summed E-state index contributed by atoms with van der Waals surface area (Å²) < 4.78 is 0. The first kappa shape index (κ1) is 26.1. The Morgan fingerprint density at radius 2 is 1.49 bits per heavy atom. The Hall–Kier alpha value is -5.10. The van der Waals surface area contributed by atoms with E-state index < -0.39 is 0 Å². The third-order valence-corrected chi connectivity index (χ3v) is 7.55. The smallest absolute Gasteiger partial charge is 0.323 e. The molecule has 0 fully saturated rings. The van der Waals surface area contributed by atoms with Crippen molar-refractivity contribution >= 4 is 39.8 Å². The molecule has 6 nitrogen and oxygen atoms in total. The first-order valence-corrected chi connectivity index (χ1v) is 14.0. The molecule has 5 aromatic rings.